The minimum atomic E-state index is -0.426. The summed E-state index contributed by atoms with van der Waals surface area (Å²) in [6, 6.07) is 1.35. The van der Waals surface area contributed by atoms with E-state index in [0.29, 0.717) is 18.4 Å². The number of carbonyl (C=O) groups excluding carboxylic acids is 1. The highest BCUT2D eigenvalue weighted by Crippen LogP contribution is 2.13. The van der Waals surface area contributed by atoms with Crippen molar-refractivity contribution in [1.82, 2.24) is 15.3 Å². The fourth-order valence-corrected chi connectivity index (χ4v) is 1.62. The van der Waals surface area contributed by atoms with Crippen LogP contribution in [0.1, 0.15) is 46.7 Å². The van der Waals surface area contributed by atoms with E-state index in [4.69, 9.17) is 4.74 Å². The van der Waals surface area contributed by atoms with E-state index in [1.807, 2.05) is 34.6 Å². The third-order valence-electron chi connectivity index (χ3n) is 2.52. The minimum absolute atomic E-state index is 0.0939. The van der Waals surface area contributed by atoms with Gasteiger partial charge in [0.2, 0.25) is 17.7 Å². The van der Waals surface area contributed by atoms with Crippen molar-refractivity contribution >= 4 is 11.9 Å². The third-order valence-corrected chi connectivity index (χ3v) is 2.52. The Labute approximate surface area is 126 Å². The first kappa shape index (κ1) is 17.2. The maximum Gasteiger partial charge on any atom is 0.242 e. The lowest BCUT2D eigenvalue weighted by Gasteiger charge is -2.23. The van der Waals surface area contributed by atoms with Gasteiger partial charge in [-0.05, 0) is 41.0 Å². The summed E-state index contributed by atoms with van der Waals surface area (Å²) in [5.41, 5.74) is 0.526. The summed E-state index contributed by atoms with van der Waals surface area (Å²) in [5, 5.41) is 5.92. The smallest absolute Gasteiger partial charge is 0.242 e. The number of nitrogens with zero attached hydrogens (tertiary/aromatic N) is 2. The number of anilines is 1. The summed E-state index contributed by atoms with van der Waals surface area (Å²) in [5.74, 6) is 0.830. The van der Waals surface area contributed by atoms with Gasteiger partial charge >= 0.3 is 0 Å². The Morgan fingerprint density at radius 1 is 1.38 bits per heavy atom. The molecule has 21 heavy (non-hydrogen) atoms. The van der Waals surface area contributed by atoms with Gasteiger partial charge in [0.05, 0.1) is 6.61 Å². The molecule has 0 aliphatic rings. The molecule has 118 valence electrons. The zero-order valence-electron chi connectivity index (χ0n) is 13.8. The first-order valence-corrected chi connectivity index (χ1v) is 7.28. The quantitative estimate of drug-likeness (QED) is 0.842. The number of hydrogen-bond acceptors (Lipinski definition) is 5. The van der Waals surface area contributed by atoms with Crippen LogP contribution in [-0.4, -0.2) is 34.1 Å². The van der Waals surface area contributed by atoms with Crippen molar-refractivity contribution < 1.29 is 9.53 Å². The molecule has 1 aromatic heterocycles. The van der Waals surface area contributed by atoms with E-state index in [-0.39, 0.29) is 11.4 Å². The maximum atomic E-state index is 12.0. The summed E-state index contributed by atoms with van der Waals surface area (Å²) in [4.78, 5) is 20.6. The molecule has 0 saturated heterocycles. The van der Waals surface area contributed by atoms with Gasteiger partial charge in [-0.3, -0.25) is 4.79 Å². The molecule has 0 fully saturated rings. The van der Waals surface area contributed by atoms with Crippen molar-refractivity contribution in [3.63, 3.8) is 0 Å². The highest BCUT2D eigenvalue weighted by atomic mass is 16.5. The molecule has 1 rings (SSSR count). The van der Waals surface area contributed by atoms with E-state index in [2.05, 4.69) is 20.6 Å². The topological polar surface area (TPSA) is 76.1 Å². The predicted octanol–water partition coefficient (Wildman–Crippen LogP) is 2.29. The average Bonchev–Trinajstić information content (AvgIpc) is 2.33. The number of carbonyl (C=O) groups is 1. The molecule has 0 aliphatic carbocycles. The molecule has 0 spiro atoms. The van der Waals surface area contributed by atoms with Crippen molar-refractivity contribution in [1.29, 1.82) is 0 Å². The number of ether oxygens (including phenoxy) is 1. The molecule has 1 atom stereocenters. The van der Waals surface area contributed by atoms with E-state index >= 15 is 0 Å². The van der Waals surface area contributed by atoms with Gasteiger partial charge in [-0.15, -0.1) is 0 Å². The zero-order valence-corrected chi connectivity index (χ0v) is 13.8. The fraction of sp³-hybridized carbons (Fsp3) is 0.667. The van der Waals surface area contributed by atoms with Gasteiger partial charge in [-0.1, -0.05) is 6.92 Å². The summed E-state index contributed by atoms with van der Waals surface area (Å²) in [6.07, 6.45) is 0.913. The van der Waals surface area contributed by atoms with E-state index in [9.17, 15) is 4.79 Å². The normalized spacial score (nSPS) is 12.7. The minimum Gasteiger partial charge on any atom is -0.478 e. The van der Waals surface area contributed by atoms with Crippen LogP contribution in [0.15, 0.2) is 6.07 Å². The lowest BCUT2D eigenvalue weighted by atomic mass is 10.1. The summed E-state index contributed by atoms with van der Waals surface area (Å²) >= 11 is 0. The first-order valence-electron chi connectivity index (χ1n) is 7.28. The Morgan fingerprint density at radius 3 is 2.62 bits per heavy atom. The SMILES string of the molecule is CCCOc1cc(C)nc(NC(C)C(=O)NC(C)(C)C)n1. The molecule has 0 aromatic carbocycles. The van der Waals surface area contributed by atoms with Crippen LogP contribution in [0.5, 0.6) is 5.88 Å². The van der Waals surface area contributed by atoms with Crippen LogP contribution in [0.4, 0.5) is 5.95 Å². The summed E-state index contributed by atoms with van der Waals surface area (Å²) < 4.78 is 5.51. The molecule has 6 heteroatoms. The van der Waals surface area contributed by atoms with Gasteiger partial charge in [0.15, 0.2) is 0 Å². The van der Waals surface area contributed by atoms with Gasteiger partial charge in [0.25, 0.3) is 0 Å². The molecule has 2 N–H and O–H groups in total. The Hall–Kier alpha value is -1.85. The molecule has 6 nitrogen and oxygen atoms in total. The standard InChI is InChI=1S/C15H26N4O2/c1-7-8-21-12-9-10(2)16-14(18-12)17-11(3)13(20)19-15(4,5)6/h9,11H,7-8H2,1-6H3,(H,19,20)(H,16,17,18). The second-order valence-corrected chi connectivity index (χ2v) is 6.12. The van der Waals surface area contributed by atoms with Crippen LogP contribution >= 0.6 is 0 Å². The van der Waals surface area contributed by atoms with Crippen molar-refractivity contribution in [3.05, 3.63) is 11.8 Å². The molecular formula is C15H26N4O2. The summed E-state index contributed by atoms with van der Waals surface area (Å²) in [6.45, 7) is 12.1. The first-order chi connectivity index (χ1) is 9.71. The molecule has 0 saturated carbocycles. The predicted molar refractivity (Wildman–Crippen MR) is 83.5 cm³/mol. The Morgan fingerprint density at radius 2 is 2.05 bits per heavy atom. The van der Waals surface area contributed by atoms with Crippen LogP contribution in [0.2, 0.25) is 0 Å². The van der Waals surface area contributed by atoms with Gasteiger partial charge in [-0.25, -0.2) is 4.98 Å². The van der Waals surface area contributed by atoms with Crippen LogP contribution in [-0.2, 0) is 4.79 Å². The molecular weight excluding hydrogens is 268 g/mol. The number of aromatic nitrogens is 2. The van der Waals surface area contributed by atoms with E-state index in [1.54, 1.807) is 13.0 Å². The number of nitrogens with one attached hydrogen (secondary N) is 2. The maximum absolute atomic E-state index is 12.0. The number of hydrogen-bond donors (Lipinski definition) is 2. The second kappa shape index (κ2) is 7.24. The third kappa shape index (κ3) is 6.42. The largest absolute Gasteiger partial charge is 0.478 e. The molecule has 0 aliphatic heterocycles. The Balaban J connectivity index is 2.73. The highest BCUT2D eigenvalue weighted by molar-refractivity contribution is 5.84. The van der Waals surface area contributed by atoms with Gasteiger partial charge in [0.1, 0.15) is 6.04 Å². The van der Waals surface area contributed by atoms with Crippen LogP contribution in [0, 0.1) is 6.92 Å². The van der Waals surface area contributed by atoms with Crippen LogP contribution in [0.3, 0.4) is 0 Å². The number of rotatable bonds is 6. The van der Waals surface area contributed by atoms with E-state index < -0.39 is 6.04 Å². The van der Waals surface area contributed by atoms with Crippen molar-refractivity contribution in [2.24, 2.45) is 0 Å². The second-order valence-electron chi connectivity index (χ2n) is 6.12. The molecule has 1 amide bonds. The Bertz CT molecular complexity index is 483. The monoisotopic (exact) mass is 294 g/mol. The van der Waals surface area contributed by atoms with Gasteiger partial charge < -0.3 is 15.4 Å². The highest BCUT2D eigenvalue weighted by Gasteiger charge is 2.20. The van der Waals surface area contributed by atoms with Crippen LogP contribution in [0.25, 0.3) is 0 Å². The van der Waals surface area contributed by atoms with E-state index in [0.717, 1.165) is 12.1 Å². The number of aryl methyl sites for hydroxylation is 1. The van der Waals surface area contributed by atoms with Crippen molar-refractivity contribution in [3.8, 4) is 5.88 Å². The van der Waals surface area contributed by atoms with Crippen molar-refractivity contribution in [2.45, 2.75) is 59.5 Å². The molecule has 0 radical (unpaired) electrons. The van der Waals surface area contributed by atoms with Gasteiger partial charge in [-0.2, -0.15) is 4.98 Å². The van der Waals surface area contributed by atoms with E-state index in [1.165, 1.54) is 0 Å². The Kier molecular flexibility index (Phi) is 5.93. The lowest BCUT2D eigenvalue weighted by Crippen LogP contribution is -2.47. The lowest BCUT2D eigenvalue weighted by molar-refractivity contribution is -0.122. The average molecular weight is 294 g/mol. The molecule has 0 bridgehead atoms. The molecule has 1 aromatic rings. The van der Waals surface area contributed by atoms with Crippen LogP contribution < -0.4 is 15.4 Å². The molecule has 1 unspecified atom stereocenters. The zero-order chi connectivity index (χ0) is 16.0. The van der Waals surface area contributed by atoms with Crippen molar-refractivity contribution in [2.75, 3.05) is 11.9 Å². The molecule has 1 heterocycles. The van der Waals surface area contributed by atoms with Gasteiger partial charge in [0, 0.05) is 17.3 Å². The fourth-order valence-electron chi connectivity index (χ4n) is 1.62. The summed E-state index contributed by atoms with van der Waals surface area (Å²) in [7, 11) is 0. The number of amides is 1.